The Morgan fingerprint density at radius 3 is 2.23 bits per heavy atom. The van der Waals surface area contributed by atoms with Gasteiger partial charge in [-0.3, -0.25) is 10.00 Å². The Morgan fingerprint density at radius 1 is 1.00 bits per heavy atom. The highest BCUT2D eigenvalue weighted by atomic mass is 35.5. The van der Waals surface area contributed by atoms with E-state index in [1.165, 1.54) is 15.9 Å². The summed E-state index contributed by atoms with van der Waals surface area (Å²) in [5, 5.41) is 11.7. The molecule has 1 N–H and O–H groups in total. The van der Waals surface area contributed by atoms with E-state index in [-0.39, 0.29) is 16.7 Å². The van der Waals surface area contributed by atoms with Gasteiger partial charge in [0.05, 0.1) is 36.6 Å². The first-order valence-corrected chi connectivity index (χ1v) is 16.8. The standard InChI is InChI=1S/C33H40ClN3O2Si/c1-32(2,3)40(26-11-7-5-8-12-26,27-13-9-6-10-14-27)39-31-22-38-23-33(31,4)37-17-15-24(16-18-37)28-20-30-25(19-29(28)34)21-35-36-30/h5-14,19-21,24,31H,15-18,22-23H2,1-4H3,(H,35,36). The molecule has 3 heterocycles. The summed E-state index contributed by atoms with van der Waals surface area (Å²) in [6.45, 7) is 12.7. The normalized spacial score (nSPS) is 23.2. The summed E-state index contributed by atoms with van der Waals surface area (Å²) in [7, 11) is -2.69. The van der Waals surface area contributed by atoms with Gasteiger partial charge in [-0.1, -0.05) is 93.0 Å². The third-order valence-electron chi connectivity index (χ3n) is 9.31. The molecule has 2 aliphatic rings. The largest absolute Gasteiger partial charge is 0.400 e. The number of aromatic amines is 1. The molecule has 5 nitrogen and oxygen atoms in total. The summed E-state index contributed by atoms with van der Waals surface area (Å²) in [6, 6.07) is 26.1. The molecule has 6 rings (SSSR count). The van der Waals surface area contributed by atoms with E-state index in [1.54, 1.807) is 0 Å². The minimum atomic E-state index is -2.69. The lowest BCUT2D eigenvalue weighted by molar-refractivity contribution is 0.00483. The zero-order chi connectivity index (χ0) is 28.0. The Hall–Kier alpha value is -2.48. The summed E-state index contributed by atoms with van der Waals surface area (Å²) in [6.07, 6.45) is 3.92. The van der Waals surface area contributed by atoms with Gasteiger partial charge < -0.3 is 9.16 Å². The fraction of sp³-hybridized carbons (Fsp3) is 0.424. The molecule has 2 unspecified atom stereocenters. The van der Waals surface area contributed by atoms with Crippen LogP contribution in [0.4, 0.5) is 0 Å². The first-order chi connectivity index (χ1) is 19.2. The number of likely N-dealkylation sites (tertiary alicyclic amines) is 1. The van der Waals surface area contributed by atoms with Crippen molar-refractivity contribution >= 4 is 41.2 Å². The zero-order valence-electron chi connectivity index (χ0n) is 24.0. The molecular formula is C33H40ClN3O2Si. The highest BCUT2D eigenvalue weighted by molar-refractivity contribution is 6.99. The Kier molecular flexibility index (Phi) is 7.42. The van der Waals surface area contributed by atoms with Crippen molar-refractivity contribution in [3.8, 4) is 0 Å². The predicted molar refractivity (Wildman–Crippen MR) is 166 cm³/mol. The van der Waals surface area contributed by atoms with Gasteiger partial charge in [0.1, 0.15) is 0 Å². The molecule has 2 fully saturated rings. The molecule has 3 aromatic carbocycles. The Bertz CT molecular complexity index is 1410. The van der Waals surface area contributed by atoms with Crippen molar-refractivity contribution in [3.05, 3.63) is 89.6 Å². The summed E-state index contributed by atoms with van der Waals surface area (Å²) < 4.78 is 13.9. The molecule has 2 atom stereocenters. The molecule has 2 saturated heterocycles. The maximum Gasteiger partial charge on any atom is 0.261 e. The second-order valence-electron chi connectivity index (χ2n) is 12.7. The highest BCUT2D eigenvalue weighted by Gasteiger charge is 2.56. The van der Waals surface area contributed by atoms with Crippen molar-refractivity contribution in [1.82, 2.24) is 15.1 Å². The Balaban J connectivity index is 1.29. The average Bonchev–Trinajstić information content (AvgIpc) is 3.57. The number of ether oxygens (including phenoxy) is 1. The zero-order valence-corrected chi connectivity index (χ0v) is 25.7. The van der Waals surface area contributed by atoms with Gasteiger partial charge in [-0.2, -0.15) is 5.10 Å². The number of H-pyrrole nitrogens is 1. The molecule has 0 bridgehead atoms. The number of fused-ring (bicyclic) bond motifs is 1. The molecule has 0 aliphatic carbocycles. The lowest BCUT2D eigenvalue weighted by Crippen LogP contribution is -2.70. The molecular weight excluding hydrogens is 534 g/mol. The van der Waals surface area contributed by atoms with Gasteiger partial charge in [0, 0.05) is 10.4 Å². The number of nitrogens with one attached hydrogen (secondary N) is 1. The fourth-order valence-electron chi connectivity index (χ4n) is 7.00. The number of nitrogens with zero attached hydrogens (tertiary/aromatic N) is 2. The maximum atomic E-state index is 7.61. The van der Waals surface area contributed by atoms with E-state index in [4.69, 9.17) is 20.8 Å². The van der Waals surface area contributed by atoms with Gasteiger partial charge in [-0.05, 0) is 71.9 Å². The van der Waals surface area contributed by atoms with Crippen LogP contribution in [-0.2, 0) is 9.16 Å². The van der Waals surface area contributed by atoms with Crippen molar-refractivity contribution in [2.24, 2.45) is 0 Å². The predicted octanol–water partition coefficient (Wildman–Crippen LogP) is 6.13. The van der Waals surface area contributed by atoms with E-state index >= 15 is 0 Å². The SMILES string of the molecule is CC1(N2CCC(c3cc4[nH]ncc4cc3Cl)CC2)COCC1O[Si](c1ccccc1)(c1ccccc1)C(C)(C)C. The van der Waals surface area contributed by atoms with E-state index in [1.807, 2.05) is 12.3 Å². The maximum absolute atomic E-state index is 7.61. The van der Waals surface area contributed by atoms with E-state index in [2.05, 4.69) is 110 Å². The molecule has 7 heteroatoms. The first kappa shape index (κ1) is 27.7. The summed E-state index contributed by atoms with van der Waals surface area (Å²) in [5.41, 5.74) is 2.08. The molecule has 4 aromatic rings. The van der Waals surface area contributed by atoms with Crippen molar-refractivity contribution in [1.29, 1.82) is 0 Å². The van der Waals surface area contributed by atoms with Crippen molar-refractivity contribution in [3.63, 3.8) is 0 Å². The molecule has 0 amide bonds. The van der Waals surface area contributed by atoms with Gasteiger partial charge in [-0.15, -0.1) is 0 Å². The highest BCUT2D eigenvalue weighted by Crippen LogP contribution is 2.43. The van der Waals surface area contributed by atoms with Gasteiger partial charge >= 0.3 is 0 Å². The van der Waals surface area contributed by atoms with Crippen LogP contribution in [0.15, 0.2) is 79.0 Å². The molecule has 0 saturated carbocycles. The number of aromatic nitrogens is 2. The monoisotopic (exact) mass is 573 g/mol. The van der Waals surface area contributed by atoms with Gasteiger partial charge in [0.2, 0.25) is 0 Å². The van der Waals surface area contributed by atoms with Crippen LogP contribution in [0.1, 0.15) is 52.0 Å². The van der Waals surface area contributed by atoms with Crippen LogP contribution < -0.4 is 10.4 Å². The third-order valence-corrected chi connectivity index (χ3v) is 14.7. The summed E-state index contributed by atoms with van der Waals surface area (Å²) in [4.78, 5) is 2.63. The van der Waals surface area contributed by atoms with E-state index in [9.17, 15) is 0 Å². The van der Waals surface area contributed by atoms with E-state index < -0.39 is 8.32 Å². The van der Waals surface area contributed by atoms with Crippen molar-refractivity contribution in [2.45, 2.75) is 63.1 Å². The first-order valence-electron chi connectivity index (χ1n) is 14.5. The Morgan fingerprint density at radius 2 is 1.62 bits per heavy atom. The number of benzene rings is 3. The quantitative estimate of drug-likeness (QED) is 0.282. The third kappa shape index (κ3) is 4.74. The molecule has 0 spiro atoms. The summed E-state index contributed by atoms with van der Waals surface area (Å²) >= 11 is 6.75. The topological polar surface area (TPSA) is 50.4 Å². The molecule has 1 aromatic heterocycles. The lowest BCUT2D eigenvalue weighted by Gasteiger charge is -2.50. The van der Waals surface area contributed by atoms with Crippen LogP contribution in [0.5, 0.6) is 0 Å². The van der Waals surface area contributed by atoms with Crippen LogP contribution in [-0.4, -0.2) is 61.4 Å². The second kappa shape index (κ2) is 10.7. The summed E-state index contributed by atoms with van der Waals surface area (Å²) in [5.74, 6) is 0.429. The second-order valence-corrected chi connectivity index (χ2v) is 17.4. The van der Waals surface area contributed by atoms with Crippen LogP contribution in [0.3, 0.4) is 0 Å². The van der Waals surface area contributed by atoms with Gasteiger partial charge in [0.15, 0.2) is 0 Å². The van der Waals surface area contributed by atoms with Crippen LogP contribution in [0.2, 0.25) is 10.1 Å². The van der Waals surface area contributed by atoms with Crippen molar-refractivity contribution < 1.29 is 9.16 Å². The molecule has 2 aliphatic heterocycles. The molecule has 40 heavy (non-hydrogen) atoms. The number of halogens is 1. The number of piperidine rings is 1. The van der Waals surface area contributed by atoms with Crippen LogP contribution >= 0.6 is 11.6 Å². The number of hydrogen-bond acceptors (Lipinski definition) is 4. The van der Waals surface area contributed by atoms with Crippen LogP contribution in [0, 0.1) is 0 Å². The smallest absolute Gasteiger partial charge is 0.261 e. The molecule has 0 radical (unpaired) electrons. The van der Waals surface area contributed by atoms with Crippen molar-refractivity contribution in [2.75, 3.05) is 26.3 Å². The van der Waals surface area contributed by atoms with Gasteiger partial charge in [0.25, 0.3) is 8.32 Å². The number of rotatable bonds is 6. The number of hydrogen-bond donors (Lipinski definition) is 1. The van der Waals surface area contributed by atoms with E-state index in [0.717, 1.165) is 41.9 Å². The Labute approximate surface area is 244 Å². The lowest BCUT2D eigenvalue weighted by atomic mass is 9.85. The average molecular weight is 574 g/mol. The molecule has 210 valence electrons. The van der Waals surface area contributed by atoms with Crippen LogP contribution in [0.25, 0.3) is 10.9 Å². The van der Waals surface area contributed by atoms with Gasteiger partial charge in [-0.25, -0.2) is 0 Å². The van der Waals surface area contributed by atoms with E-state index in [0.29, 0.717) is 19.1 Å². The fourth-order valence-corrected chi connectivity index (χ4v) is 12.1. The minimum Gasteiger partial charge on any atom is -0.400 e. The minimum absolute atomic E-state index is 0.0275.